The molecular formula is C8H17NO5. The minimum atomic E-state index is -1.21. The number of aliphatic hydroxyl groups is 4. The molecule has 5 atom stereocenters. The van der Waals surface area contributed by atoms with E-state index < -0.39 is 37.3 Å². The van der Waals surface area contributed by atoms with E-state index in [0.717, 1.165) is 0 Å². The van der Waals surface area contributed by atoms with E-state index in [4.69, 9.17) is 9.84 Å². The van der Waals surface area contributed by atoms with Crippen molar-refractivity contribution < 1.29 is 25.2 Å². The van der Waals surface area contributed by atoms with Crippen molar-refractivity contribution in [3.63, 3.8) is 0 Å². The maximum absolute atomic E-state index is 9.64. The molecule has 84 valence electrons. The quantitative estimate of drug-likeness (QED) is 0.395. The summed E-state index contributed by atoms with van der Waals surface area (Å²) in [5.41, 5.74) is 0. The van der Waals surface area contributed by atoms with Gasteiger partial charge in [-0.2, -0.15) is 0 Å². The molecule has 14 heavy (non-hydrogen) atoms. The summed E-state index contributed by atoms with van der Waals surface area (Å²) in [4.78, 5) is 1.56. The Morgan fingerprint density at radius 2 is 1.71 bits per heavy atom. The highest BCUT2D eigenvalue weighted by Crippen LogP contribution is 2.22. The molecule has 0 saturated carbocycles. The Bertz CT molecular complexity index is 189. The first-order valence-electron chi connectivity index (χ1n) is 4.46. The number of rotatable bonds is 2. The third-order valence-corrected chi connectivity index (χ3v) is 2.46. The van der Waals surface area contributed by atoms with Gasteiger partial charge in [0.2, 0.25) is 0 Å². The van der Waals surface area contributed by atoms with Crippen molar-refractivity contribution in [1.82, 2.24) is 4.90 Å². The topological polar surface area (TPSA) is 93.4 Å². The highest BCUT2D eigenvalue weighted by atomic mass is 16.6. The molecule has 1 fully saturated rings. The number of ether oxygens (including phenoxy) is 1. The second kappa shape index (κ2) is 4.52. The molecule has 1 aliphatic heterocycles. The summed E-state index contributed by atoms with van der Waals surface area (Å²) in [5.74, 6) is 0. The fourth-order valence-electron chi connectivity index (χ4n) is 1.64. The van der Waals surface area contributed by atoms with Crippen LogP contribution in [-0.4, -0.2) is 76.7 Å². The average molecular weight is 207 g/mol. The monoisotopic (exact) mass is 207 g/mol. The van der Waals surface area contributed by atoms with Crippen LogP contribution in [0.4, 0.5) is 0 Å². The summed E-state index contributed by atoms with van der Waals surface area (Å²) in [5, 5.41) is 37.4. The SMILES string of the molecule is CN(C)[C@H]1[C@@H](O)[C@@H](O)[C@@H](CO)O[C@H]1O. The lowest BCUT2D eigenvalue weighted by Gasteiger charge is -2.42. The van der Waals surface area contributed by atoms with Gasteiger partial charge >= 0.3 is 0 Å². The predicted octanol–water partition coefficient (Wildman–Crippen LogP) is -2.65. The van der Waals surface area contributed by atoms with Crippen LogP contribution in [-0.2, 0) is 4.74 Å². The lowest BCUT2D eigenvalue weighted by molar-refractivity contribution is -0.268. The van der Waals surface area contributed by atoms with Gasteiger partial charge < -0.3 is 25.2 Å². The van der Waals surface area contributed by atoms with Gasteiger partial charge in [-0.15, -0.1) is 0 Å². The van der Waals surface area contributed by atoms with Gasteiger partial charge in [0.25, 0.3) is 0 Å². The van der Waals surface area contributed by atoms with Crippen LogP contribution in [0.5, 0.6) is 0 Å². The summed E-state index contributed by atoms with van der Waals surface area (Å²) < 4.78 is 4.95. The van der Waals surface area contributed by atoms with Crippen LogP contribution < -0.4 is 0 Å². The molecule has 0 spiro atoms. The molecule has 1 saturated heterocycles. The smallest absolute Gasteiger partial charge is 0.173 e. The molecule has 0 unspecified atom stereocenters. The van der Waals surface area contributed by atoms with Crippen LogP contribution in [0.25, 0.3) is 0 Å². The minimum absolute atomic E-state index is 0.435. The van der Waals surface area contributed by atoms with E-state index in [-0.39, 0.29) is 0 Å². The van der Waals surface area contributed by atoms with Crippen molar-refractivity contribution in [2.75, 3.05) is 20.7 Å². The van der Waals surface area contributed by atoms with Gasteiger partial charge in [0.15, 0.2) is 6.29 Å². The van der Waals surface area contributed by atoms with E-state index in [0.29, 0.717) is 0 Å². The van der Waals surface area contributed by atoms with Gasteiger partial charge in [0, 0.05) is 0 Å². The maximum atomic E-state index is 9.64. The van der Waals surface area contributed by atoms with Crippen molar-refractivity contribution in [1.29, 1.82) is 0 Å². The molecule has 6 nitrogen and oxygen atoms in total. The first kappa shape index (κ1) is 11.8. The van der Waals surface area contributed by atoms with Crippen molar-refractivity contribution in [2.45, 2.75) is 30.6 Å². The number of aliphatic hydroxyl groups excluding tert-OH is 4. The Morgan fingerprint density at radius 3 is 2.14 bits per heavy atom. The van der Waals surface area contributed by atoms with Gasteiger partial charge in [-0.05, 0) is 14.1 Å². The zero-order valence-corrected chi connectivity index (χ0v) is 8.24. The molecular weight excluding hydrogens is 190 g/mol. The van der Waals surface area contributed by atoms with Crippen LogP contribution >= 0.6 is 0 Å². The fraction of sp³-hybridized carbons (Fsp3) is 1.00. The van der Waals surface area contributed by atoms with E-state index in [1.807, 2.05) is 0 Å². The summed E-state index contributed by atoms with van der Waals surface area (Å²) in [6.07, 6.45) is -4.46. The average Bonchev–Trinajstić information content (AvgIpc) is 2.10. The summed E-state index contributed by atoms with van der Waals surface area (Å²) in [7, 11) is 3.32. The van der Waals surface area contributed by atoms with Crippen molar-refractivity contribution in [3.05, 3.63) is 0 Å². The van der Waals surface area contributed by atoms with E-state index in [1.165, 1.54) is 0 Å². The molecule has 0 bridgehead atoms. The summed E-state index contributed by atoms with van der Waals surface area (Å²) in [6, 6.07) is -0.687. The molecule has 1 rings (SSSR count). The lowest BCUT2D eigenvalue weighted by Crippen LogP contribution is -2.62. The van der Waals surface area contributed by atoms with Crippen molar-refractivity contribution in [2.24, 2.45) is 0 Å². The molecule has 0 aromatic rings. The molecule has 0 radical (unpaired) electrons. The summed E-state index contributed by atoms with van der Waals surface area (Å²) >= 11 is 0. The van der Waals surface area contributed by atoms with Crippen molar-refractivity contribution in [3.8, 4) is 0 Å². The second-order valence-corrected chi connectivity index (χ2v) is 3.68. The lowest BCUT2D eigenvalue weighted by atomic mass is 9.96. The van der Waals surface area contributed by atoms with E-state index in [1.54, 1.807) is 19.0 Å². The third-order valence-electron chi connectivity index (χ3n) is 2.46. The second-order valence-electron chi connectivity index (χ2n) is 3.68. The Hall–Kier alpha value is -0.240. The number of hydrogen-bond donors (Lipinski definition) is 4. The van der Waals surface area contributed by atoms with Gasteiger partial charge in [0.1, 0.15) is 18.3 Å². The van der Waals surface area contributed by atoms with Crippen LogP contribution in [0.1, 0.15) is 0 Å². The predicted molar refractivity (Wildman–Crippen MR) is 47.5 cm³/mol. The van der Waals surface area contributed by atoms with Gasteiger partial charge in [-0.1, -0.05) is 0 Å². The van der Waals surface area contributed by atoms with E-state index in [9.17, 15) is 15.3 Å². The zero-order chi connectivity index (χ0) is 10.9. The van der Waals surface area contributed by atoms with Crippen molar-refractivity contribution >= 4 is 0 Å². The standard InChI is InChI=1S/C8H17NO5/c1-9(2)5-7(12)6(11)4(3-10)14-8(5)13/h4-8,10-13H,3H2,1-2H3/t4-,5+,6+,7-,8-/m1/s1. The molecule has 6 heteroatoms. The first-order chi connectivity index (χ1) is 6.49. The van der Waals surface area contributed by atoms with E-state index in [2.05, 4.69) is 0 Å². The molecule has 0 aromatic carbocycles. The highest BCUT2D eigenvalue weighted by Gasteiger charge is 2.44. The molecule has 4 N–H and O–H groups in total. The number of likely N-dealkylation sites (N-methyl/N-ethyl adjacent to an activating group) is 1. The Labute approximate surface area is 82.3 Å². The zero-order valence-electron chi connectivity index (χ0n) is 8.24. The van der Waals surface area contributed by atoms with Gasteiger partial charge in [-0.3, -0.25) is 4.90 Å². The van der Waals surface area contributed by atoms with Crippen LogP contribution in [0.2, 0.25) is 0 Å². The van der Waals surface area contributed by atoms with Gasteiger partial charge in [0.05, 0.1) is 12.6 Å². The molecule has 0 amide bonds. The van der Waals surface area contributed by atoms with E-state index >= 15 is 0 Å². The molecule has 0 aromatic heterocycles. The third kappa shape index (κ3) is 2.05. The summed E-state index contributed by atoms with van der Waals surface area (Å²) in [6.45, 7) is -0.435. The fourth-order valence-corrected chi connectivity index (χ4v) is 1.64. The highest BCUT2D eigenvalue weighted by molar-refractivity contribution is 4.92. The number of nitrogens with zero attached hydrogens (tertiary/aromatic N) is 1. The van der Waals surface area contributed by atoms with Crippen LogP contribution in [0, 0.1) is 0 Å². The molecule has 1 aliphatic rings. The number of hydrogen-bond acceptors (Lipinski definition) is 6. The maximum Gasteiger partial charge on any atom is 0.173 e. The largest absolute Gasteiger partial charge is 0.394 e. The normalized spacial score (nSPS) is 44.4. The molecule has 0 aliphatic carbocycles. The minimum Gasteiger partial charge on any atom is -0.394 e. The van der Waals surface area contributed by atoms with Gasteiger partial charge in [-0.25, -0.2) is 0 Å². The molecule has 1 heterocycles. The first-order valence-corrected chi connectivity index (χ1v) is 4.46. The Balaban J connectivity index is 2.74. The Morgan fingerprint density at radius 1 is 1.14 bits per heavy atom. The Kier molecular flexibility index (Phi) is 3.82. The van der Waals surface area contributed by atoms with Crippen LogP contribution in [0.15, 0.2) is 0 Å². The van der Waals surface area contributed by atoms with Crippen LogP contribution in [0.3, 0.4) is 0 Å².